The Hall–Kier alpha value is -1.10. The fraction of sp³-hybridized carbons (Fsp3) is 0.800. The minimum absolute atomic E-state index is 0.0346. The number of hydrogen-bond donors (Lipinski definition) is 0. The smallest absolute Gasteiger partial charge is 0.307 e. The van der Waals surface area contributed by atoms with Gasteiger partial charge in [-0.3, -0.25) is 9.59 Å². The van der Waals surface area contributed by atoms with Crippen molar-refractivity contribution in [3.05, 3.63) is 0 Å². The molecule has 1 aliphatic heterocycles. The van der Waals surface area contributed by atoms with Crippen molar-refractivity contribution in [2.24, 2.45) is 5.92 Å². The summed E-state index contributed by atoms with van der Waals surface area (Å²) in [5.41, 5.74) is 0. The molecule has 0 aromatic heterocycles. The van der Waals surface area contributed by atoms with Gasteiger partial charge in [0.05, 0.1) is 26.1 Å². The number of nitrogens with zero attached hydrogens (tertiary/aromatic N) is 1. The van der Waals surface area contributed by atoms with E-state index in [0.717, 1.165) is 6.42 Å². The van der Waals surface area contributed by atoms with Crippen LogP contribution in [0.1, 0.15) is 12.8 Å². The zero-order valence-corrected chi connectivity index (χ0v) is 9.19. The summed E-state index contributed by atoms with van der Waals surface area (Å²) in [7, 11) is 3.04. The molecule has 15 heavy (non-hydrogen) atoms. The molecule has 1 rings (SSSR count). The number of carbonyl (C=O) groups is 2. The van der Waals surface area contributed by atoms with E-state index in [2.05, 4.69) is 4.74 Å². The molecule has 1 amide bonds. The van der Waals surface area contributed by atoms with Crippen LogP contribution >= 0.6 is 0 Å². The first-order valence-corrected chi connectivity index (χ1v) is 5.04. The molecule has 0 aromatic rings. The van der Waals surface area contributed by atoms with Crippen molar-refractivity contribution in [2.45, 2.75) is 12.8 Å². The molecule has 0 saturated carbocycles. The second-order valence-electron chi connectivity index (χ2n) is 3.65. The van der Waals surface area contributed by atoms with E-state index in [1.807, 2.05) is 0 Å². The summed E-state index contributed by atoms with van der Waals surface area (Å²) < 4.78 is 9.64. The van der Waals surface area contributed by atoms with Crippen molar-refractivity contribution in [1.29, 1.82) is 0 Å². The lowest BCUT2D eigenvalue weighted by Crippen LogP contribution is -2.34. The largest absolute Gasteiger partial charge is 0.469 e. The van der Waals surface area contributed by atoms with Gasteiger partial charge < -0.3 is 14.4 Å². The standard InChI is InChI=1S/C10H17NO4/c1-11(5-3-9(12)14-2)10(13)8-4-6-15-7-8/h8H,3-7H2,1-2H3. The zero-order chi connectivity index (χ0) is 11.3. The zero-order valence-electron chi connectivity index (χ0n) is 9.19. The third-order valence-electron chi connectivity index (χ3n) is 2.53. The highest BCUT2D eigenvalue weighted by molar-refractivity contribution is 5.79. The molecular formula is C10H17NO4. The third-order valence-corrected chi connectivity index (χ3v) is 2.53. The maximum Gasteiger partial charge on any atom is 0.307 e. The van der Waals surface area contributed by atoms with Crippen molar-refractivity contribution in [1.82, 2.24) is 4.90 Å². The maximum atomic E-state index is 11.7. The summed E-state index contributed by atoms with van der Waals surface area (Å²) in [5, 5.41) is 0. The number of ether oxygens (including phenoxy) is 2. The fourth-order valence-electron chi connectivity index (χ4n) is 1.51. The van der Waals surface area contributed by atoms with Crippen LogP contribution < -0.4 is 0 Å². The van der Waals surface area contributed by atoms with E-state index in [0.29, 0.717) is 19.8 Å². The van der Waals surface area contributed by atoms with Crippen LogP contribution in [0.15, 0.2) is 0 Å². The van der Waals surface area contributed by atoms with Crippen LogP contribution in [0.4, 0.5) is 0 Å². The molecule has 1 heterocycles. The van der Waals surface area contributed by atoms with Crippen molar-refractivity contribution in [3.63, 3.8) is 0 Å². The summed E-state index contributed by atoms with van der Waals surface area (Å²) in [6, 6.07) is 0. The van der Waals surface area contributed by atoms with Gasteiger partial charge in [-0.2, -0.15) is 0 Å². The van der Waals surface area contributed by atoms with E-state index in [1.165, 1.54) is 7.11 Å². The average Bonchev–Trinajstić information content (AvgIpc) is 2.77. The molecule has 1 saturated heterocycles. The molecule has 1 aliphatic rings. The Kier molecular flexibility index (Phi) is 4.55. The summed E-state index contributed by atoms with van der Waals surface area (Å²) >= 11 is 0. The van der Waals surface area contributed by atoms with E-state index in [9.17, 15) is 9.59 Å². The van der Waals surface area contributed by atoms with Gasteiger partial charge >= 0.3 is 5.97 Å². The van der Waals surface area contributed by atoms with Crippen LogP contribution in [0.3, 0.4) is 0 Å². The molecule has 5 heteroatoms. The fourth-order valence-corrected chi connectivity index (χ4v) is 1.51. The van der Waals surface area contributed by atoms with E-state index in [-0.39, 0.29) is 24.2 Å². The van der Waals surface area contributed by atoms with Crippen LogP contribution in [-0.4, -0.2) is 50.7 Å². The Bertz CT molecular complexity index is 236. The minimum Gasteiger partial charge on any atom is -0.469 e. The molecule has 0 spiro atoms. The Morgan fingerprint density at radius 1 is 1.53 bits per heavy atom. The highest BCUT2D eigenvalue weighted by atomic mass is 16.5. The van der Waals surface area contributed by atoms with Gasteiger partial charge in [0.25, 0.3) is 0 Å². The van der Waals surface area contributed by atoms with Crippen LogP contribution in [0.25, 0.3) is 0 Å². The molecule has 0 aliphatic carbocycles. The van der Waals surface area contributed by atoms with Gasteiger partial charge in [0.2, 0.25) is 5.91 Å². The number of amides is 1. The quantitative estimate of drug-likeness (QED) is 0.621. The lowest BCUT2D eigenvalue weighted by molar-refractivity contribution is -0.142. The number of hydrogen-bond acceptors (Lipinski definition) is 4. The van der Waals surface area contributed by atoms with Crippen molar-refractivity contribution in [2.75, 3.05) is 33.9 Å². The Balaban J connectivity index is 2.29. The molecule has 0 radical (unpaired) electrons. The van der Waals surface area contributed by atoms with Crippen molar-refractivity contribution in [3.8, 4) is 0 Å². The van der Waals surface area contributed by atoms with Gasteiger partial charge in [0.15, 0.2) is 0 Å². The lowest BCUT2D eigenvalue weighted by atomic mass is 10.1. The van der Waals surface area contributed by atoms with E-state index in [1.54, 1.807) is 11.9 Å². The first-order valence-electron chi connectivity index (χ1n) is 5.04. The average molecular weight is 215 g/mol. The summed E-state index contributed by atoms with van der Waals surface area (Å²) in [6.07, 6.45) is 1.02. The van der Waals surface area contributed by atoms with Gasteiger partial charge in [-0.1, -0.05) is 0 Å². The molecule has 0 aromatic carbocycles. The number of rotatable bonds is 4. The Morgan fingerprint density at radius 2 is 2.27 bits per heavy atom. The van der Waals surface area contributed by atoms with Crippen LogP contribution in [0, 0.1) is 5.92 Å². The van der Waals surface area contributed by atoms with Gasteiger partial charge in [0, 0.05) is 20.2 Å². The first-order chi connectivity index (χ1) is 7.15. The number of carbonyl (C=O) groups excluding carboxylic acids is 2. The highest BCUT2D eigenvalue weighted by Crippen LogP contribution is 2.14. The number of esters is 1. The van der Waals surface area contributed by atoms with Gasteiger partial charge in [0.1, 0.15) is 0 Å². The van der Waals surface area contributed by atoms with Crippen molar-refractivity contribution < 1.29 is 19.1 Å². The second-order valence-corrected chi connectivity index (χ2v) is 3.65. The molecular weight excluding hydrogens is 198 g/mol. The first kappa shape index (κ1) is 12.0. The van der Waals surface area contributed by atoms with E-state index in [4.69, 9.17) is 4.74 Å². The Morgan fingerprint density at radius 3 is 2.80 bits per heavy atom. The predicted octanol–water partition coefficient (Wildman–Crippen LogP) is 0.0444. The van der Waals surface area contributed by atoms with E-state index >= 15 is 0 Å². The minimum atomic E-state index is -0.294. The molecule has 5 nitrogen and oxygen atoms in total. The van der Waals surface area contributed by atoms with E-state index < -0.39 is 0 Å². The molecule has 1 fully saturated rings. The molecule has 1 unspecified atom stereocenters. The van der Waals surface area contributed by atoms with Gasteiger partial charge in [-0.15, -0.1) is 0 Å². The van der Waals surface area contributed by atoms with Gasteiger partial charge in [-0.25, -0.2) is 0 Å². The maximum absolute atomic E-state index is 11.7. The lowest BCUT2D eigenvalue weighted by Gasteiger charge is -2.19. The normalized spacial score (nSPS) is 20.0. The monoisotopic (exact) mass is 215 g/mol. The molecule has 0 N–H and O–H groups in total. The topological polar surface area (TPSA) is 55.8 Å². The summed E-state index contributed by atoms with van der Waals surface area (Å²) in [4.78, 5) is 24.2. The van der Waals surface area contributed by atoms with Crippen LogP contribution in [0.2, 0.25) is 0 Å². The van der Waals surface area contributed by atoms with Crippen molar-refractivity contribution >= 4 is 11.9 Å². The summed E-state index contributed by atoms with van der Waals surface area (Å²) in [6.45, 7) is 1.56. The number of methoxy groups -OCH3 is 1. The highest BCUT2D eigenvalue weighted by Gasteiger charge is 2.26. The van der Waals surface area contributed by atoms with Crippen LogP contribution in [-0.2, 0) is 19.1 Å². The second kappa shape index (κ2) is 5.70. The molecule has 86 valence electrons. The molecule has 0 bridgehead atoms. The molecule has 1 atom stereocenters. The van der Waals surface area contributed by atoms with Crippen LogP contribution in [0.5, 0.6) is 0 Å². The van der Waals surface area contributed by atoms with Gasteiger partial charge in [-0.05, 0) is 6.42 Å². The third kappa shape index (κ3) is 3.51. The SMILES string of the molecule is COC(=O)CCN(C)C(=O)C1CCOC1. The Labute approximate surface area is 89.3 Å². The summed E-state index contributed by atoms with van der Waals surface area (Å²) in [5.74, 6) is -0.277. The predicted molar refractivity (Wildman–Crippen MR) is 53.2 cm³/mol.